The first-order valence-electron chi connectivity index (χ1n) is 5.93. The molecule has 0 aliphatic heterocycles. The van der Waals surface area contributed by atoms with Crippen LogP contribution in [0.5, 0.6) is 0 Å². The quantitative estimate of drug-likeness (QED) is 0.847. The lowest BCUT2D eigenvalue weighted by atomic mass is 9.93. The molecule has 0 atom stereocenters. The summed E-state index contributed by atoms with van der Waals surface area (Å²) in [6.07, 6.45) is -2.93. The number of anilines is 1. The minimum atomic E-state index is -4.32. The summed E-state index contributed by atoms with van der Waals surface area (Å²) < 4.78 is 37.2. The molecule has 0 aliphatic carbocycles. The van der Waals surface area contributed by atoms with Gasteiger partial charge in [-0.15, -0.1) is 0 Å². The third-order valence-corrected chi connectivity index (χ3v) is 3.28. The van der Waals surface area contributed by atoms with Crippen LogP contribution in [0.15, 0.2) is 24.3 Å². The summed E-state index contributed by atoms with van der Waals surface area (Å²) >= 11 is 0. The fourth-order valence-corrected chi connectivity index (χ4v) is 1.74. The Kier molecular flexibility index (Phi) is 4.62. The Bertz CT molecular complexity index is 361. The maximum Gasteiger partial charge on any atom is 0.416 e. The van der Waals surface area contributed by atoms with Crippen LogP contribution in [0.2, 0.25) is 0 Å². The Labute approximate surface area is 105 Å². The number of alkyl halides is 3. The maximum absolute atomic E-state index is 12.4. The molecule has 0 aromatic heterocycles. The number of rotatable bonds is 5. The summed E-state index contributed by atoms with van der Waals surface area (Å²) in [5, 5.41) is 12.5. The maximum atomic E-state index is 12.4. The van der Waals surface area contributed by atoms with Crippen molar-refractivity contribution in [3.05, 3.63) is 29.8 Å². The van der Waals surface area contributed by atoms with Crippen molar-refractivity contribution in [2.24, 2.45) is 0 Å². The Morgan fingerprint density at radius 2 is 1.56 bits per heavy atom. The Hall–Kier alpha value is -1.23. The molecule has 18 heavy (non-hydrogen) atoms. The van der Waals surface area contributed by atoms with Crippen molar-refractivity contribution in [3.8, 4) is 0 Å². The van der Waals surface area contributed by atoms with Gasteiger partial charge in [-0.1, -0.05) is 13.8 Å². The van der Waals surface area contributed by atoms with Crippen LogP contribution in [0.1, 0.15) is 32.3 Å². The van der Waals surface area contributed by atoms with Gasteiger partial charge in [0.2, 0.25) is 0 Å². The molecular formula is C13H18F3NO. The van der Waals surface area contributed by atoms with Crippen LogP contribution < -0.4 is 5.32 Å². The molecule has 0 amide bonds. The van der Waals surface area contributed by atoms with E-state index in [9.17, 15) is 18.3 Å². The highest BCUT2D eigenvalue weighted by Crippen LogP contribution is 2.30. The van der Waals surface area contributed by atoms with E-state index >= 15 is 0 Å². The van der Waals surface area contributed by atoms with Crippen LogP contribution >= 0.6 is 0 Å². The molecule has 0 bridgehead atoms. The molecule has 0 saturated heterocycles. The summed E-state index contributed by atoms with van der Waals surface area (Å²) in [5.41, 5.74) is -0.559. The zero-order valence-electron chi connectivity index (χ0n) is 10.5. The van der Waals surface area contributed by atoms with Gasteiger partial charge in [0.15, 0.2) is 0 Å². The standard InChI is InChI=1S/C13H18F3NO/c1-3-12(4-2,9-18)17-11-7-5-10(6-8-11)13(14,15)16/h5-8,17-18H,3-4,9H2,1-2H3. The molecular weight excluding hydrogens is 243 g/mol. The monoisotopic (exact) mass is 261 g/mol. The van der Waals surface area contributed by atoms with E-state index < -0.39 is 17.3 Å². The van der Waals surface area contributed by atoms with Gasteiger partial charge in [0.25, 0.3) is 0 Å². The molecule has 0 spiro atoms. The zero-order valence-corrected chi connectivity index (χ0v) is 10.5. The molecule has 0 heterocycles. The molecule has 2 nitrogen and oxygen atoms in total. The van der Waals surface area contributed by atoms with E-state index in [4.69, 9.17) is 0 Å². The molecule has 0 unspecified atom stereocenters. The van der Waals surface area contributed by atoms with E-state index in [2.05, 4.69) is 5.32 Å². The second-order valence-corrected chi connectivity index (χ2v) is 4.35. The van der Waals surface area contributed by atoms with Gasteiger partial charge >= 0.3 is 6.18 Å². The molecule has 0 saturated carbocycles. The SMILES string of the molecule is CCC(CC)(CO)Nc1ccc(C(F)(F)F)cc1. The summed E-state index contributed by atoms with van der Waals surface area (Å²) in [7, 11) is 0. The van der Waals surface area contributed by atoms with Gasteiger partial charge in [0.05, 0.1) is 17.7 Å². The number of aliphatic hydroxyl groups is 1. The molecule has 1 aromatic rings. The van der Waals surface area contributed by atoms with Crippen molar-refractivity contribution in [1.82, 2.24) is 0 Å². The van der Waals surface area contributed by atoms with Crippen molar-refractivity contribution in [2.45, 2.75) is 38.4 Å². The van der Waals surface area contributed by atoms with Gasteiger partial charge in [0, 0.05) is 5.69 Å². The summed E-state index contributed by atoms with van der Waals surface area (Å²) in [4.78, 5) is 0. The van der Waals surface area contributed by atoms with Gasteiger partial charge in [-0.25, -0.2) is 0 Å². The highest BCUT2D eigenvalue weighted by molar-refractivity contribution is 5.47. The number of halogens is 3. The summed E-state index contributed by atoms with van der Waals surface area (Å²) in [6, 6.07) is 4.85. The molecule has 5 heteroatoms. The van der Waals surface area contributed by atoms with Crippen molar-refractivity contribution in [2.75, 3.05) is 11.9 Å². The first-order valence-corrected chi connectivity index (χ1v) is 5.93. The van der Waals surface area contributed by atoms with E-state index in [1.54, 1.807) is 0 Å². The Balaban J connectivity index is 2.86. The number of nitrogens with one attached hydrogen (secondary N) is 1. The molecule has 2 N–H and O–H groups in total. The van der Waals surface area contributed by atoms with Crippen LogP contribution in [0.25, 0.3) is 0 Å². The van der Waals surface area contributed by atoms with Gasteiger partial charge < -0.3 is 10.4 Å². The predicted molar refractivity (Wildman–Crippen MR) is 65.5 cm³/mol. The van der Waals surface area contributed by atoms with E-state index in [1.165, 1.54) is 12.1 Å². The first-order chi connectivity index (χ1) is 8.37. The second-order valence-electron chi connectivity index (χ2n) is 4.35. The number of aliphatic hydroxyl groups excluding tert-OH is 1. The number of hydrogen-bond donors (Lipinski definition) is 2. The molecule has 0 fully saturated rings. The minimum absolute atomic E-state index is 0.0545. The zero-order chi connectivity index (χ0) is 13.8. The molecule has 0 aliphatic rings. The fourth-order valence-electron chi connectivity index (χ4n) is 1.74. The lowest BCUT2D eigenvalue weighted by molar-refractivity contribution is -0.137. The topological polar surface area (TPSA) is 32.3 Å². The average Bonchev–Trinajstić information content (AvgIpc) is 2.36. The summed E-state index contributed by atoms with van der Waals surface area (Å²) in [6.45, 7) is 3.80. The largest absolute Gasteiger partial charge is 0.416 e. The second kappa shape index (κ2) is 5.61. The first kappa shape index (κ1) is 14.8. The van der Waals surface area contributed by atoms with Gasteiger partial charge in [-0.2, -0.15) is 13.2 Å². The van der Waals surface area contributed by atoms with Crippen molar-refractivity contribution < 1.29 is 18.3 Å². The Morgan fingerprint density at radius 3 is 1.89 bits per heavy atom. The van der Waals surface area contributed by atoms with E-state index in [0.29, 0.717) is 18.5 Å². The van der Waals surface area contributed by atoms with Crippen molar-refractivity contribution in [3.63, 3.8) is 0 Å². The van der Waals surface area contributed by atoms with Crippen LogP contribution in [0, 0.1) is 0 Å². The van der Waals surface area contributed by atoms with Crippen molar-refractivity contribution in [1.29, 1.82) is 0 Å². The lowest BCUT2D eigenvalue weighted by Gasteiger charge is -2.32. The molecule has 1 rings (SSSR count). The van der Waals surface area contributed by atoms with Crippen molar-refractivity contribution >= 4 is 5.69 Å². The molecule has 102 valence electrons. The van der Waals surface area contributed by atoms with Crippen LogP contribution in [0.4, 0.5) is 18.9 Å². The molecule has 0 radical (unpaired) electrons. The van der Waals surface area contributed by atoms with Gasteiger partial charge in [-0.3, -0.25) is 0 Å². The highest BCUT2D eigenvalue weighted by Gasteiger charge is 2.30. The van der Waals surface area contributed by atoms with Crippen LogP contribution in [0.3, 0.4) is 0 Å². The molecule has 1 aromatic carbocycles. The van der Waals surface area contributed by atoms with Crippen LogP contribution in [-0.2, 0) is 6.18 Å². The highest BCUT2D eigenvalue weighted by atomic mass is 19.4. The van der Waals surface area contributed by atoms with Crippen LogP contribution in [-0.4, -0.2) is 17.3 Å². The summed E-state index contributed by atoms with van der Waals surface area (Å²) in [5.74, 6) is 0. The van der Waals surface area contributed by atoms with Gasteiger partial charge in [-0.05, 0) is 37.1 Å². The predicted octanol–water partition coefficient (Wildman–Crippen LogP) is 3.67. The fraction of sp³-hybridized carbons (Fsp3) is 0.538. The third kappa shape index (κ3) is 3.38. The van der Waals surface area contributed by atoms with E-state index in [1.807, 2.05) is 13.8 Å². The number of hydrogen-bond acceptors (Lipinski definition) is 2. The normalized spacial score (nSPS) is 12.6. The van der Waals surface area contributed by atoms with E-state index in [0.717, 1.165) is 12.1 Å². The smallest absolute Gasteiger partial charge is 0.394 e. The minimum Gasteiger partial charge on any atom is -0.394 e. The third-order valence-electron chi connectivity index (χ3n) is 3.28. The van der Waals surface area contributed by atoms with E-state index in [-0.39, 0.29) is 6.61 Å². The average molecular weight is 261 g/mol. The van der Waals surface area contributed by atoms with Gasteiger partial charge in [0.1, 0.15) is 0 Å². The number of benzene rings is 1. The Morgan fingerprint density at radius 1 is 1.06 bits per heavy atom. The lowest BCUT2D eigenvalue weighted by Crippen LogP contribution is -2.40.